The number of imidazole rings is 1. The van der Waals surface area contributed by atoms with Crippen molar-refractivity contribution < 1.29 is 4.74 Å². The Morgan fingerprint density at radius 2 is 1.85 bits per heavy atom. The minimum absolute atomic E-state index is 0.0538. The van der Waals surface area contributed by atoms with Crippen LogP contribution in [-0.2, 0) is 0 Å². The van der Waals surface area contributed by atoms with Crippen molar-refractivity contribution in [2.24, 2.45) is 5.92 Å². The van der Waals surface area contributed by atoms with Crippen molar-refractivity contribution >= 4 is 39.4 Å². The van der Waals surface area contributed by atoms with E-state index in [0.717, 1.165) is 27.8 Å². The number of nitrogens with zero attached hydrogens (tertiary/aromatic N) is 3. The fraction of sp³-hybridized carbons (Fsp3) is 0.200. The first-order valence-corrected chi connectivity index (χ1v) is 11.9. The SMILES string of the molecule is C=C(I)C1CCNCC1n1c(=O)n(-c2ccc(Oc3ccccc3)cc2)c2c(N)nccc21. The zero-order valence-electron chi connectivity index (χ0n) is 17.9. The van der Waals surface area contributed by atoms with Crippen LogP contribution in [-0.4, -0.2) is 27.2 Å². The predicted octanol–water partition coefficient (Wildman–Crippen LogP) is 4.66. The Kier molecular flexibility index (Phi) is 5.94. The average molecular weight is 553 g/mol. The highest BCUT2D eigenvalue weighted by Crippen LogP contribution is 2.35. The number of nitrogens with two attached hydrogens (primary N) is 1. The third kappa shape index (κ3) is 4.04. The van der Waals surface area contributed by atoms with Gasteiger partial charge in [0, 0.05) is 18.7 Å². The van der Waals surface area contributed by atoms with Crippen LogP contribution in [0.25, 0.3) is 16.7 Å². The molecule has 2 aromatic carbocycles. The van der Waals surface area contributed by atoms with Crippen molar-refractivity contribution in [2.45, 2.75) is 12.5 Å². The number of allylic oxidation sites excluding steroid dienone is 1. The van der Waals surface area contributed by atoms with E-state index in [9.17, 15) is 4.79 Å². The molecule has 168 valence electrons. The van der Waals surface area contributed by atoms with Crippen LogP contribution in [0.15, 0.2) is 81.8 Å². The molecule has 3 N–H and O–H groups in total. The second-order valence-corrected chi connectivity index (χ2v) is 9.46. The molecule has 1 aliphatic rings. The number of rotatable bonds is 5. The van der Waals surface area contributed by atoms with Gasteiger partial charge in [0.1, 0.15) is 22.8 Å². The molecule has 0 spiro atoms. The fourth-order valence-electron chi connectivity index (χ4n) is 4.52. The molecule has 2 atom stereocenters. The first kappa shape index (κ1) is 21.7. The van der Waals surface area contributed by atoms with Crippen molar-refractivity contribution in [3.8, 4) is 17.2 Å². The fourth-order valence-corrected chi connectivity index (χ4v) is 5.24. The Hall–Kier alpha value is -3.11. The smallest absolute Gasteiger partial charge is 0.334 e. The number of halogens is 1. The minimum Gasteiger partial charge on any atom is -0.457 e. The summed E-state index contributed by atoms with van der Waals surface area (Å²) in [6, 6.07) is 18.8. The van der Waals surface area contributed by atoms with Gasteiger partial charge in [-0.25, -0.2) is 9.78 Å². The summed E-state index contributed by atoms with van der Waals surface area (Å²) >= 11 is 2.28. The van der Waals surface area contributed by atoms with Crippen LogP contribution in [0.5, 0.6) is 11.5 Å². The molecule has 0 saturated carbocycles. The Morgan fingerprint density at radius 3 is 2.58 bits per heavy atom. The predicted molar refractivity (Wildman–Crippen MR) is 139 cm³/mol. The lowest BCUT2D eigenvalue weighted by Crippen LogP contribution is -2.42. The highest BCUT2D eigenvalue weighted by Gasteiger charge is 2.32. The van der Waals surface area contributed by atoms with E-state index in [4.69, 9.17) is 10.5 Å². The molecule has 33 heavy (non-hydrogen) atoms. The molecule has 2 unspecified atom stereocenters. The number of nitrogens with one attached hydrogen (secondary N) is 1. The Labute approximate surface area is 205 Å². The molecular formula is C25H24IN5O2. The van der Waals surface area contributed by atoms with Gasteiger partial charge >= 0.3 is 5.69 Å². The van der Waals surface area contributed by atoms with Crippen molar-refractivity contribution in [3.63, 3.8) is 0 Å². The number of fused-ring (bicyclic) bond motifs is 1. The molecule has 0 aliphatic carbocycles. The number of pyridine rings is 1. The number of anilines is 1. The summed E-state index contributed by atoms with van der Waals surface area (Å²) in [6.07, 6.45) is 2.58. The molecule has 0 amide bonds. The van der Waals surface area contributed by atoms with Gasteiger partial charge < -0.3 is 15.8 Å². The van der Waals surface area contributed by atoms with Gasteiger partial charge in [-0.1, -0.05) is 24.8 Å². The van der Waals surface area contributed by atoms with Crippen molar-refractivity contribution in [1.29, 1.82) is 0 Å². The first-order valence-electron chi connectivity index (χ1n) is 10.8. The molecule has 0 bridgehead atoms. The van der Waals surface area contributed by atoms with E-state index >= 15 is 0 Å². The molecule has 2 aromatic heterocycles. The summed E-state index contributed by atoms with van der Waals surface area (Å²) in [5.74, 6) is 1.95. The number of hydrogen-bond acceptors (Lipinski definition) is 5. The molecule has 3 heterocycles. The summed E-state index contributed by atoms with van der Waals surface area (Å²) in [5, 5.41) is 3.43. The van der Waals surface area contributed by atoms with Crippen molar-refractivity contribution in [1.82, 2.24) is 19.4 Å². The molecule has 8 heteroatoms. The molecule has 1 aliphatic heterocycles. The molecule has 7 nitrogen and oxygen atoms in total. The Balaban J connectivity index is 1.61. The van der Waals surface area contributed by atoms with E-state index in [-0.39, 0.29) is 17.6 Å². The van der Waals surface area contributed by atoms with E-state index in [0.29, 0.717) is 29.3 Å². The maximum atomic E-state index is 13.8. The number of hydrogen-bond donors (Lipinski definition) is 2. The highest BCUT2D eigenvalue weighted by atomic mass is 127. The molecule has 1 fully saturated rings. The van der Waals surface area contributed by atoms with Crippen LogP contribution >= 0.6 is 22.6 Å². The monoisotopic (exact) mass is 553 g/mol. The lowest BCUT2D eigenvalue weighted by atomic mass is 9.92. The normalized spacial score (nSPS) is 18.3. The summed E-state index contributed by atoms with van der Waals surface area (Å²) in [5.41, 5.74) is 8.24. The first-order chi connectivity index (χ1) is 16.0. The Morgan fingerprint density at radius 1 is 1.12 bits per heavy atom. The van der Waals surface area contributed by atoms with Crippen LogP contribution in [0.4, 0.5) is 5.82 Å². The minimum atomic E-state index is -0.141. The highest BCUT2D eigenvalue weighted by molar-refractivity contribution is 14.1. The number of nitrogen functional groups attached to an aromatic ring is 1. The molecule has 1 saturated heterocycles. The summed E-state index contributed by atoms with van der Waals surface area (Å²) in [4.78, 5) is 18.1. The van der Waals surface area contributed by atoms with Gasteiger partial charge in [-0.3, -0.25) is 9.13 Å². The quantitative estimate of drug-likeness (QED) is 0.351. The van der Waals surface area contributed by atoms with Crippen LogP contribution in [0, 0.1) is 5.92 Å². The second kappa shape index (κ2) is 9.03. The van der Waals surface area contributed by atoms with Gasteiger partial charge in [0.25, 0.3) is 0 Å². The summed E-state index contributed by atoms with van der Waals surface area (Å²) < 4.78 is 10.4. The van der Waals surface area contributed by atoms with Gasteiger partial charge in [0.2, 0.25) is 0 Å². The topological polar surface area (TPSA) is 87.1 Å². The van der Waals surface area contributed by atoms with Crippen molar-refractivity contribution in [3.05, 3.63) is 87.5 Å². The van der Waals surface area contributed by atoms with Gasteiger partial charge in [-0.15, -0.1) is 0 Å². The van der Waals surface area contributed by atoms with E-state index in [1.807, 2.05) is 65.2 Å². The Bertz CT molecular complexity index is 1360. The van der Waals surface area contributed by atoms with Crippen LogP contribution in [0.3, 0.4) is 0 Å². The number of para-hydroxylation sites is 1. The number of ether oxygens (including phenoxy) is 1. The standard InChI is InChI=1S/C25H24IN5O2/c1-16(26)20-11-13-28-15-22(20)31-21-12-14-29-24(27)23(21)30(25(31)32)17-7-9-19(10-8-17)33-18-5-3-2-4-6-18/h2-10,12,14,20,22,28H,1,11,13,15H2,(H2,27,29). The molecule has 0 radical (unpaired) electrons. The zero-order valence-corrected chi connectivity index (χ0v) is 20.1. The number of piperidine rings is 1. The lowest BCUT2D eigenvalue weighted by molar-refractivity contribution is 0.299. The van der Waals surface area contributed by atoms with Crippen LogP contribution in [0.2, 0.25) is 0 Å². The van der Waals surface area contributed by atoms with Crippen molar-refractivity contribution in [2.75, 3.05) is 18.8 Å². The second-order valence-electron chi connectivity index (χ2n) is 8.07. The van der Waals surface area contributed by atoms with E-state index in [2.05, 4.69) is 39.5 Å². The maximum absolute atomic E-state index is 13.8. The van der Waals surface area contributed by atoms with Crippen LogP contribution in [0.1, 0.15) is 12.5 Å². The van der Waals surface area contributed by atoms with Gasteiger partial charge in [0.15, 0.2) is 0 Å². The average Bonchev–Trinajstić information content (AvgIpc) is 3.13. The van der Waals surface area contributed by atoms with Crippen LogP contribution < -0.4 is 21.5 Å². The summed E-state index contributed by atoms with van der Waals surface area (Å²) in [7, 11) is 0. The number of benzene rings is 2. The third-order valence-corrected chi connectivity index (χ3v) is 6.87. The number of aromatic nitrogens is 3. The maximum Gasteiger partial charge on any atom is 0.334 e. The van der Waals surface area contributed by atoms with Gasteiger partial charge in [-0.2, -0.15) is 0 Å². The van der Waals surface area contributed by atoms with E-state index in [1.54, 1.807) is 10.8 Å². The summed E-state index contributed by atoms with van der Waals surface area (Å²) in [6.45, 7) is 5.77. The van der Waals surface area contributed by atoms with Gasteiger partial charge in [0.05, 0.1) is 17.2 Å². The zero-order chi connectivity index (χ0) is 22.9. The molecule has 4 aromatic rings. The molecule has 5 rings (SSSR count). The van der Waals surface area contributed by atoms with E-state index < -0.39 is 0 Å². The third-order valence-electron chi connectivity index (χ3n) is 6.07. The lowest BCUT2D eigenvalue weighted by Gasteiger charge is -2.32. The van der Waals surface area contributed by atoms with Gasteiger partial charge in [-0.05, 0) is 81.6 Å². The largest absolute Gasteiger partial charge is 0.457 e. The molecular weight excluding hydrogens is 529 g/mol. The van der Waals surface area contributed by atoms with E-state index in [1.165, 1.54) is 0 Å².